The number of carboxylic acids is 2. The molecule has 0 spiro atoms. The number of rotatable bonds is 6. The Morgan fingerprint density at radius 3 is 2.08 bits per heavy atom. The lowest BCUT2D eigenvalue weighted by atomic mass is 10.1. The average Bonchev–Trinajstić information content (AvgIpc) is 2.56. The Morgan fingerprint density at radius 2 is 1.62 bits per heavy atom. The van der Waals surface area contributed by atoms with E-state index in [1.807, 2.05) is 6.07 Å². The Balaban J connectivity index is 0.000000505. The molecule has 0 saturated heterocycles. The Bertz CT molecular complexity index is 668. The van der Waals surface area contributed by atoms with E-state index in [4.69, 9.17) is 10.2 Å². The van der Waals surface area contributed by atoms with Crippen molar-refractivity contribution in [1.82, 2.24) is 0 Å². The number of aliphatic hydroxyl groups is 1. The van der Waals surface area contributed by atoms with Gasteiger partial charge in [-0.1, -0.05) is 37.6 Å². The summed E-state index contributed by atoms with van der Waals surface area (Å²) in [7, 11) is 0. The molecule has 0 aliphatic carbocycles. The third-order valence-electron chi connectivity index (χ3n) is 3.07. The van der Waals surface area contributed by atoms with Gasteiger partial charge in [0, 0.05) is 12.3 Å². The average molecular weight is 331 g/mol. The molecule has 2 aromatic carbocycles. The minimum Gasteiger partial charge on any atom is -0.478 e. The van der Waals surface area contributed by atoms with Crippen LogP contribution in [0.2, 0.25) is 0 Å². The highest BCUT2D eigenvalue weighted by molar-refractivity contribution is 6.06. The molecule has 0 unspecified atom stereocenters. The van der Waals surface area contributed by atoms with Crippen LogP contribution < -0.4 is 5.32 Å². The number of para-hydroxylation sites is 1. The smallest absolute Gasteiger partial charge is 0.338 e. The zero-order valence-electron chi connectivity index (χ0n) is 13.4. The Kier molecular flexibility index (Phi) is 8.01. The SMILES string of the molecule is CCCCO.O=C(O)c1cccc(Nc2ccccc2)c1C(=O)O. The van der Waals surface area contributed by atoms with Gasteiger partial charge in [-0.3, -0.25) is 0 Å². The fraction of sp³-hybridized carbons (Fsp3) is 0.222. The van der Waals surface area contributed by atoms with Crippen LogP contribution in [0.15, 0.2) is 48.5 Å². The molecular weight excluding hydrogens is 310 g/mol. The summed E-state index contributed by atoms with van der Waals surface area (Å²) in [5.41, 5.74) is 0.443. The van der Waals surface area contributed by atoms with Crippen molar-refractivity contribution in [2.24, 2.45) is 0 Å². The molecule has 0 amide bonds. The Morgan fingerprint density at radius 1 is 0.958 bits per heavy atom. The number of carbonyl (C=O) groups is 2. The number of hydrogen-bond donors (Lipinski definition) is 4. The molecule has 6 heteroatoms. The number of unbranched alkanes of at least 4 members (excludes halogenated alkanes) is 1. The van der Waals surface area contributed by atoms with E-state index in [1.54, 1.807) is 24.3 Å². The number of benzene rings is 2. The van der Waals surface area contributed by atoms with E-state index >= 15 is 0 Å². The lowest BCUT2D eigenvalue weighted by Gasteiger charge is -2.11. The predicted octanol–water partition coefficient (Wildman–Crippen LogP) is 3.61. The zero-order valence-corrected chi connectivity index (χ0v) is 13.4. The first kappa shape index (κ1) is 19.2. The number of carboxylic acid groups (broad SMARTS) is 2. The van der Waals surface area contributed by atoms with E-state index in [1.165, 1.54) is 18.2 Å². The molecular formula is C18H21NO5. The molecule has 24 heavy (non-hydrogen) atoms. The van der Waals surface area contributed by atoms with Crippen molar-refractivity contribution in [3.05, 3.63) is 59.7 Å². The first-order valence-electron chi connectivity index (χ1n) is 7.53. The molecule has 0 heterocycles. The molecule has 0 fully saturated rings. The summed E-state index contributed by atoms with van der Waals surface area (Å²) >= 11 is 0. The molecule has 0 aliphatic rings. The lowest BCUT2D eigenvalue weighted by molar-refractivity contribution is 0.0652. The summed E-state index contributed by atoms with van der Waals surface area (Å²) in [5, 5.41) is 29.2. The number of anilines is 2. The monoisotopic (exact) mass is 331 g/mol. The van der Waals surface area contributed by atoms with Gasteiger partial charge in [-0.2, -0.15) is 0 Å². The minimum absolute atomic E-state index is 0.242. The van der Waals surface area contributed by atoms with Crippen molar-refractivity contribution in [2.75, 3.05) is 11.9 Å². The molecule has 0 aliphatic heterocycles. The van der Waals surface area contributed by atoms with Gasteiger partial charge in [0.25, 0.3) is 0 Å². The Hall–Kier alpha value is -2.86. The minimum atomic E-state index is -1.28. The second-order valence-electron chi connectivity index (χ2n) is 4.91. The van der Waals surface area contributed by atoms with E-state index in [9.17, 15) is 14.7 Å². The van der Waals surface area contributed by atoms with Gasteiger partial charge >= 0.3 is 11.9 Å². The largest absolute Gasteiger partial charge is 0.478 e. The van der Waals surface area contributed by atoms with Crippen LogP contribution in [0.1, 0.15) is 40.5 Å². The van der Waals surface area contributed by atoms with Gasteiger partial charge < -0.3 is 20.6 Å². The molecule has 0 atom stereocenters. The molecule has 6 nitrogen and oxygen atoms in total. The highest BCUT2D eigenvalue weighted by atomic mass is 16.4. The van der Waals surface area contributed by atoms with Crippen molar-refractivity contribution < 1.29 is 24.9 Å². The number of aromatic carboxylic acids is 2. The maximum absolute atomic E-state index is 11.2. The second-order valence-corrected chi connectivity index (χ2v) is 4.91. The van der Waals surface area contributed by atoms with Gasteiger partial charge in [0.1, 0.15) is 0 Å². The Labute approximate surface area is 140 Å². The van der Waals surface area contributed by atoms with E-state index < -0.39 is 11.9 Å². The first-order chi connectivity index (χ1) is 11.5. The van der Waals surface area contributed by atoms with Gasteiger partial charge in [0.05, 0.1) is 16.8 Å². The van der Waals surface area contributed by atoms with Crippen LogP contribution in [-0.2, 0) is 0 Å². The number of nitrogens with one attached hydrogen (secondary N) is 1. The third kappa shape index (κ3) is 5.73. The second kappa shape index (κ2) is 10.0. The van der Waals surface area contributed by atoms with Crippen molar-refractivity contribution in [1.29, 1.82) is 0 Å². The summed E-state index contributed by atoms with van der Waals surface area (Å²) in [4.78, 5) is 22.3. The summed E-state index contributed by atoms with van der Waals surface area (Å²) in [6, 6.07) is 13.2. The summed E-state index contributed by atoms with van der Waals surface area (Å²) < 4.78 is 0. The van der Waals surface area contributed by atoms with Crippen LogP contribution >= 0.6 is 0 Å². The standard InChI is InChI=1S/C14H11NO4.C4H10O/c16-13(17)10-7-4-8-11(12(10)14(18)19)15-9-5-2-1-3-6-9;1-2-3-4-5/h1-8,15H,(H,16,17)(H,18,19);5H,2-4H2,1H3. The highest BCUT2D eigenvalue weighted by Gasteiger charge is 2.19. The number of hydrogen-bond acceptors (Lipinski definition) is 4. The molecule has 2 rings (SSSR count). The molecule has 0 radical (unpaired) electrons. The summed E-state index contributed by atoms with van der Waals surface area (Å²) in [5.74, 6) is -2.55. The molecule has 128 valence electrons. The van der Waals surface area contributed by atoms with Crippen molar-refractivity contribution in [3.8, 4) is 0 Å². The van der Waals surface area contributed by atoms with Gasteiger partial charge in [-0.05, 0) is 30.7 Å². The maximum atomic E-state index is 11.2. The lowest BCUT2D eigenvalue weighted by Crippen LogP contribution is -2.10. The van der Waals surface area contributed by atoms with E-state index in [0.29, 0.717) is 12.3 Å². The third-order valence-corrected chi connectivity index (χ3v) is 3.07. The molecule has 0 aromatic heterocycles. The molecule has 0 saturated carbocycles. The van der Waals surface area contributed by atoms with Gasteiger partial charge in [-0.25, -0.2) is 9.59 Å². The zero-order chi connectivity index (χ0) is 17.9. The number of aliphatic hydroxyl groups excluding tert-OH is 1. The highest BCUT2D eigenvalue weighted by Crippen LogP contribution is 2.24. The first-order valence-corrected chi connectivity index (χ1v) is 7.53. The molecule has 4 N–H and O–H groups in total. The van der Waals surface area contributed by atoms with Crippen LogP contribution in [0.3, 0.4) is 0 Å². The van der Waals surface area contributed by atoms with Crippen molar-refractivity contribution in [2.45, 2.75) is 19.8 Å². The summed E-state index contributed by atoms with van der Waals surface area (Å²) in [6.07, 6.45) is 2.04. The van der Waals surface area contributed by atoms with Gasteiger partial charge in [-0.15, -0.1) is 0 Å². The van der Waals surface area contributed by atoms with E-state index in [0.717, 1.165) is 12.8 Å². The summed E-state index contributed by atoms with van der Waals surface area (Å²) in [6.45, 7) is 2.40. The quantitative estimate of drug-likeness (QED) is 0.644. The van der Waals surface area contributed by atoms with Crippen LogP contribution in [0.4, 0.5) is 11.4 Å². The van der Waals surface area contributed by atoms with E-state index in [-0.39, 0.29) is 16.8 Å². The van der Waals surface area contributed by atoms with Crippen LogP contribution in [0, 0.1) is 0 Å². The van der Waals surface area contributed by atoms with Crippen molar-refractivity contribution in [3.63, 3.8) is 0 Å². The molecule has 2 aromatic rings. The van der Waals surface area contributed by atoms with Crippen LogP contribution in [0.25, 0.3) is 0 Å². The fourth-order valence-corrected chi connectivity index (χ4v) is 1.90. The normalized spacial score (nSPS) is 9.58. The van der Waals surface area contributed by atoms with Crippen LogP contribution in [0.5, 0.6) is 0 Å². The van der Waals surface area contributed by atoms with E-state index in [2.05, 4.69) is 12.2 Å². The fourth-order valence-electron chi connectivity index (χ4n) is 1.90. The van der Waals surface area contributed by atoms with Crippen molar-refractivity contribution >= 4 is 23.3 Å². The topological polar surface area (TPSA) is 107 Å². The predicted molar refractivity (Wildman–Crippen MR) is 92.1 cm³/mol. The maximum Gasteiger partial charge on any atom is 0.338 e. The van der Waals surface area contributed by atoms with Gasteiger partial charge in [0.2, 0.25) is 0 Å². The van der Waals surface area contributed by atoms with Gasteiger partial charge in [0.15, 0.2) is 0 Å². The molecule has 0 bridgehead atoms. The van der Waals surface area contributed by atoms with Crippen LogP contribution in [-0.4, -0.2) is 33.9 Å².